The summed E-state index contributed by atoms with van der Waals surface area (Å²) in [5.74, 6) is 0.0833. The Morgan fingerprint density at radius 3 is 1.57 bits per heavy atom. The molecule has 2 N–H and O–H groups in total. The molecule has 0 fully saturated rings. The number of rotatable bonds is 11. The molecule has 0 saturated carbocycles. The molecule has 0 aromatic carbocycles. The van der Waals surface area contributed by atoms with Gasteiger partial charge in [-0.05, 0) is 49.7 Å². The zero-order chi connectivity index (χ0) is 18.1. The Morgan fingerprint density at radius 1 is 0.870 bits per heavy atom. The van der Waals surface area contributed by atoms with Crippen LogP contribution in [0.15, 0.2) is 23.7 Å². The first-order valence-electron chi connectivity index (χ1n) is 9.34. The Labute approximate surface area is 144 Å². The molecular weight excluding hydrogens is 288 g/mol. The van der Waals surface area contributed by atoms with Crippen molar-refractivity contribution in [2.75, 3.05) is 6.61 Å². The van der Waals surface area contributed by atoms with Gasteiger partial charge in [-0.15, -0.1) is 0 Å². The van der Waals surface area contributed by atoms with E-state index in [-0.39, 0.29) is 18.6 Å². The predicted molar refractivity (Wildman–Crippen MR) is 100 cm³/mol. The summed E-state index contributed by atoms with van der Waals surface area (Å²) < 4.78 is 5.40. The summed E-state index contributed by atoms with van der Waals surface area (Å²) in [5, 5.41) is 18.1. The summed E-state index contributed by atoms with van der Waals surface area (Å²) in [7, 11) is 0. The summed E-state index contributed by atoms with van der Waals surface area (Å²) >= 11 is 0. The monoisotopic (exact) mass is 328 g/mol. The molecule has 0 rings (SSSR count). The lowest BCUT2D eigenvalue weighted by Crippen LogP contribution is -2.22. The molecule has 0 spiro atoms. The lowest BCUT2D eigenvalue weighted by atomic mass is 9.97. The third kappa shape index (κ3) is 13.3. The summed E-state index contributed by atoms with van der Waals surface area (Å²) in [4.78, 5) is 0. The van der Waals surface area contributed by atoms with Crippen molar-refractivity contribution in [3.05, 3.63) is 23.7 Å². The molecule has 0 aliphatic heterocycles. The molecule has 23 heavy (non-hydrogen) atoms. The zero-order valence-corrected chi connectivity index (χ0v) is 16.3. The smallest absolute Gasteiger partial charge is 0.0893 e. The summed E-state index contributed by atoms with van der Waals surface area (Å²) in [5.41, 5.74) is 2.73. The summed E-state index contributed by atoms with van der Waals surface area (Å²) in [6.45, 7) is 12.8. The summed E-state index contributed by atoms with van der Waals surface area (Å²) in [6.07, 6.45) is 10.4. The lowest BCUT2D eigenvalue weighted by Gasteiger charge is -2.17. The van der Waals surface area contributed by atoms with Crippen LogP contribution in [0.2, 0.25) is 0 Å². The first-order chi connectivity index (χ1) is 11.0. The van der Waals surface area contributed by atoms with Crippen LogP contribution in [0.25, 0.3) is 0 Å². The van der Waals surface area contributed by atoms with E-state index in [2.05, 4.69) is 27.7 Å². The van der Waals surface area contributed by atoms with Crippen molar-refractivity contribution in [2.45, 2.75) is 92.6 Å². The normalized spacial score (nSPS) is 12.5. The molecule has 2 unspecified atom stereocenters. The second kappa shape index (κ2) is 17.6. The van der Waals surface area contributed by atoms with Gasteiger partial charge in [-0.3, -0.25) is 0 Å². The van der Waals surface area contributed by atoms with Gasteiger partial charge in [-0.1, -0.05) is 48.0 Å². The van der Waals surface area contributed by atoms with Gasteiger partial charge in [0.05, 0.1) is 18.6 Å². The number of aliphatic hydroxyl groups is 2. The van der Waals surface area contributed by atoms with E-state index in [4.69, 9.17) is 9.84 Å². The molecule has 3 nitrogen and oxygen atoms in total. The first-order valence-corrected chi connectivity index (χ1v) is 9.34. The van der Waals surface area contributed by atoms with E-state index in [1.807, 2.05) is 26.4 Å². The van der Waals surface area contributed by atoms with Crippen LogP contribution >= 0.6 is 0 Å². The van der Waals surface area contributed by atoms with Crippen LogP contribution in [-0.2, 0) is 4.74 Å². The molecular formula is C20H40O3. The molecule has 0 heterocycles. The topological polar surface area (TPSA) is 49.7 Å². The number of hydrogen-bond donors (Lipinski definition) is 2. The van der Waals surface area contributed by atoms with Gasteiger partial charge in [-0.2, -0.15) is 0 Å². The highest BCUT2D eigenvalue weighted by Gasteiger charge is 2.14. The van der Waals surface area contributed by atoms with Crippen molar-refractivity contribution >= 4 is 0 Å². The van der Waals surface area contributed by atoms with E-state index >= 15 is 0 Å². The zero-order valence-electron chi connectivity index (χ0n) is 16.3. The third-order valence-electron chi connectivity index (χ3n) is 4.17. The van der Waals surface area contributed by atoms with Gasteiger partial charge in [0.2, 0.25) is 0 Å². The van der Waals surface area contributed by atoms with Crippen LogP contribution in [0.3, 0.4) is 0 Å². The highest BCUT2D eigenvalue weighted by Crippen LogP contribution is 2.12. The number of aliphatic hydroxyl groups excluding tert-OH is 2. The van der Waals surface area contributed by atoms with Crippen LogP contribution in [0, 0.1) is 5.92 Å². The number of ether oxygens (including phenoxy) is 1. The SMILES string of the molecule is CCC(=COC=C(CC)CC)CC.CCCC(O)C(CC)CO. The number of allylic oxidation sites excluding steroid dienone is 2. The Bertz CT molecular complexity index is 272. The van der Waals surface area contributed by atoms with Crippen molar-refractivity contribution < 1.29 is 14.9 Å². The molecule has 0 aliphatic carbocycles. The molecule has 0 amide bonds. The van der Waals surface area contributed by atoms with Gasteiger partial charge in [0.1, 0.15) is 0 Å². The largest absolute Gasteiger partial charge is 0.473 e. The quantitative estimate of drug-likeness (QED) is 0.487. The maximum absolute atomic E-state index is 9.35. The van der Waals surface area contributed by atoms with Crippen LogP contribution < -0.4 is 0 Å². The predicted octanol–water partition coefficient (Wildman–Crippen LogP) is 5.58. The standard InChI is InChI=1S/C12H22O.C8H18O2/c1-5-11(6-2)9-13-10-12(7-3)8-4;1-3-5-8(10)7(4-2)6-9/h9-10H,5-8H2,1-4H3;7-10H,3-6H2,1-2H3. The van der Waals surface area contributed by atoms with Gasteiger partial charge in [-0.25, -0.2) is 0 Å². The van der Waals surface area contributed by atoms with Crippen molar-refractivity contribution in [1.82, 2.24) is 0 Å². The fourth-order valence-electron chi connectivity index (χ4n) is 2.11. The fourth-order valence-corrected chi connectivity index (χ4v) is 2.11. The highest BCUT2D eigenvalue weighted by molar-refractivity contribution is 5.00. The lowest BCUT2D eigenvalue weighted by molar-refractivity contribution is 0.0584. The minimum absolute atomic E-state index is 0.0833. The summed E-state index contributed by atoms with van der Waals surface area (Å²) in [6, 6.07) is 0. The second-order valence-electron chi connectivity index (χ2n) is 5.81. The Hall–Kier alpha value is -0.800. The van der Waals surface area contributed by atoms with Crippen LogP contribution in [0.4, 0.5) is 0 Å². The molecule has 138 valence electrons. The van der Waals surface area contributed by atoms with Crippen LogP contribution in [0.5, 0.6) is 0 Å². The fraction of sp³-hybridized carbons (Fsp3) is 0.800. The minimum atomic E-state index is -0.306. The van der Waals surface area contributed by atoms with Crippen LogP contribution in [-0.4, -0.2) is 22.9 Å². The van der Waals surface area contributed by atoms with Gasteiger partial charge < -0.3 is 14.9 Å². The third-order valence-corrected chi connectivity index (χ3v) is 4.17. The number of hydrogen-bond acceptors (Lipinski definition) is 3. The average molecular weight is 329 g/mol. The average Bonchev–Trinajstić information content (AvgIpc) is 2.57. The minimum Gasteiger partial charge on any atom is -0.473 e. The van der Waals surface area contributed by atoms with Crippen molar-refractivity contribution in [3.8, 4) is 0 Å². The van der Waals surface area contributed by atoms with E-state index in [9.17, 15) is 5.11 Å². The van der Waals surface area contributed by atoms with E-state index in [1.165, 1.54) is 11.1 Å². The molecule has 0 aromatic rings. The highest BCUT2D eigenvalue weighted by atomic mass is 16.5. The molecule has 0 saturated heterocycles. The van der Waals surface area contributed by atoms with Crippen LogP contribution in [0.1, 0.15) is 86.5 Å². The molecule has 0 aliphatic rings. The van der Waals surface area contributed by atoms with E-state index in [1.54, 1.807) is 0 Å². The molecule has 3 heteroatoms. The van der Waals surface area contributed by atoms with E-state index < -0.39 is 0 Å². The van der Waals surface area contributed by atoms with Gasteiger partial charge in [0, 0.05) is 12.5 Å². The second-order valence-corrected chi connectivity index (χ2v) is 5.81. The van der Waals surface area contributed by atoms with Crippen molar-refractivity contribution in [3.63, 3.8) is 0 Å². The molecule has 2 atom stereocenters. The van der Waals surface area contributed by atoms with Crippen molar-refractivity contribution in [1.29, 1.82) is 0 Å². The Morgan fingerprint density at radius 2 is 1.30 bits per heavy atom. The van der Waals surface area contributed by atoms with Gasteiger partial charge >= 0.3 is 0 Å². The Balaban J connectivity index is 0. The van der Waals surface area contributed by atoms with Crippen molar-refractivity contribution in [2.24, 2.45) is 5.92 Å². The van der Waals surface area contributed by atoms with Gasteiger partial charge in [0.25, 0.3) is 0 Å². The molecule has 0 aromatic heterocycles. The maximum atomic E-state index is 9.35. The van der Waals surface area contributed by atoms with E-state index in [0.717, 1.165) is 44.9 Å². The van der Waals surface area contributed by atoms with E-state index in [0.29, 0.717) is 0 Å². The molecule has 0 bridgehead atoms. The van der Waals surface area contributed by atoms with Gasteiger partial charge in [0.15, 0.2) is 0 Å². The first kappa shape index (κ1) is 24.5. The Kier molecular flexibility index (Phi) is 18.7. The maximum Gasteiger partial charge on any atom is 0.0893 e. The molecule has 0 radical (unpaired) electrons.